The minimum absolute atomic E-state index is 0.0136. The molecule has 0 radical (unpaired) electrons. The van der Waals surface area contributed by atoms with Crippen LogP contribution in [0, 0.1) is 5.82 Å². The first-order valence-electron chi connectivity index (χ1n) is 9.17. The van der Waals surface area contributed by atoms with Crippen molar-refractivity contribution in [1.29, 1.82) is 0 Å². The van der Waals surface area contributed by atoms with E-state index in [0.717, 1.165) is 12.0 Å². The van der Waals surface area contributed by atoms with Gasteiger partial charge in [-0.05, 0) is 43.2 Å². The third-order valence-corrected chi connectivity index (χ3v) is 6.45. The van der Waals surface area contributed by atoms with E-state index in [1.54, 1.807) is 41.3 Å². The molecule has 2 amide bonds. The molecule has 1 aliphatic rings. The first-order chi connectivity index (χ1) is 13.4. The molecular formula is C21H22ClFN2O2S. The van der Waals surface area contributed by atoms with Gasteiger partial charge in [-0.3, -0.25) is 9.59 Å². The first kappa shape index (κ1) is 20.7. The van der Waals surface area contributed by atoms with Crippen LogP contribution in [0.2, 0.25) is 5.02 Å². The monoisotopic (exact) mass is 420 g/mol. The van der Waals surface area contributed by atoms with Gasteiger partial charge in [0, 0.05) is 11.8 Å². The summed E-state index contributed by atoms with van der Waals surface area (Å²) in [6.07, 6.45) is 0.797. The highest BCUT2D eigenvalue weighted by Gasteiger charge is 2.43. The molecule has 28 heavy (non-hydrogen) atoms. The minimum atomic E-state index is -0.627. The van der Waals surface area contributed by atoms with E-state index in [0.29, 0.717) is 16.3 Å². The summed E-state index contributed by atoms with van der Waals surface area (Å²) >= 11 is 7.73. The fraction of sp³-hybridized carbons (Fsp3) is 0.333. The van der Waals surface area contributed by atoms with Crippen LogP contribution in [0.15, 0.2) is 48.5 Å². The van der Waals surface area contributed by atoms with Crippen LogP contribution in [0.3, 0.4) is 0 Å². The topological polar surface area (TPSA) is 49.4 Å². The Morgan fingerprint density at radius 2 is 1.93 bits per heavy atom. The second kappa shape index (κ2) is 8.97. The molecule has 1 heterocycles. The zero-order chi connectivity index (χ0) is 20.3. The number of amides is 2. The third-order valence-electron chi connectivity index (χ3n) is 4.80. The number of carbonyl (C=O) groups excluding carboxylic acids is 2. The minimum Gasteiger partial charge on any atom is -0.352 e. The Hall–Kier alpha value is -2.05. The van der Waals surface area contributed by atoms with Crippen molar-refractivity contribution in [3.8, 4) is 0 Å². The van der Waals surface area contributed by atoms with E-state index < -0.39 is 11.4 Å². The predicted octanol–water partition coefficient (Wildman–Crippen LogP) is 4.65. The molecule has 2 aromatic carbocycles. The second-order valence-corrected chi connectivity index (χ2v) is 8.28. The molecule has 0 aliphatic carbocycles. The van der Waals surface area contributed by atoms with Crippen LogP contribution in [0.4, 0.5) is 4.39 Å². The van der Waals surface area contributed by atoms with Crippen molar-refractivity contribution in [2.45, 2.75) is 37.7 Å². The summed E-state index contributed by atoms with van der Waals surface area (Å²) in [6, 6.07) is 12.2. The molecule has 3 rings (SSSR count). The molecule has 3 atom stereocenters. The van der Waals surface area contributed by atoms with E-state index in [1.165, 1.54) is 23.9 Å². The van der Waals surface area contributed by atoms with Crippen LogP contribution in [0.5, 0.6) is 0 Å². The number of rotatable bonds is 5. The van der Waals surface area contributed by atoms with Gasteiger partial charge in [0.2, 0.25) is 5.91 Å². The summed E-state index contributed by atoms with van der Waals surface area (Å²) < 4.78 is 13.4. The molecular weight excluding hydrogens is 399 g/mol. The Kier molecular flexibility index (Phi) is 6.62. The fourth-order valence-electron chi connectivity index (χ4n) is 3.06. The van der Waals surface area contributed by atoms with Crippen LogP contribution < -0.4 is 5.32 Å². The van der Waals surface area contributed by atoms with Gasteiger partial charge in [0.1, 0.15) is 17.2 Å². The number of nitrogens with one attached hydrogen (secondary N) is 1. The predicted molar refractivity (Wildman–Crippen MR) is 111 cm³/mol. The van der Waals surface area contributed by atoms with Gasteiger partial charge in [-0.25, -0.2) is 4.39 Å². The van der Waals surface area contributed by atoms with Crippen LogP contribution in [0.25, 0.3) is 0 Å². The standard InChI is InChI=1S/C21H22ClFN2O2S/c1-3-13(2)24-19(26)18-12-28-21(14-8-10-15(23)11-9-14)25(18)20(27)16-6-4-5-7-17(16)22/h4-11,13,18,21H,3,12H2,1-2H3,(H,24,26)/t13-,18-,21+/m0/s1. The van der Waals surface area contributed by atoms with Gasteiger partial charge in [-0.15, -0.1) is 11.8 Å². The molecule has 1 aliphatic heterocycles. The van der Waals surface area contributed by atoms with Gasteiger partial charge in [0.15, 0.2) is 0 Å². The molecule has 0 aromatic heterocycles. The molecule has 1 saturated heterocycles. The first-order valence-corrected chi connectivity index (χ1v) is 10.6. The van der Waals surface area contributed by atoms with Gasteiger partial charge in [0.25, 0.3) is 5.91 Å². The van der Waals surface area contributed by atoms with Crippen molar-refractivity contribution in [1.82, 2.24) is 10.2 Å². The molecule has 4 nitrogen and oxygen atoms in total. The average molecular weight is 421 g/mol. The third kappa shape index (κ3) is 4.33. The number of hydrogen-bond donors (Lipinski definition) is 1. The molecule has 0 spiro atoms. The Morgan fingerprint density at radius 3 is 2.57 bits per heavy atom. The number of halogens is 2. The lowest BCUT2D eigenvalue weighted by molar-refractivity contribution is -0.125. The summed E-state index contributed by atoms with van der Waals surface area (Å²) in [5, 5.41) is 2.91. The molecule has 148 valence electrons. The Morgan fingerprint density at radius 1 is 1.25 bits per heavy atom. The number of hydrogen-bond acceptors (Lipinski definition) is 3. The van der Waals surface area contributed by atoms with Crippen LogP contribution in [-0.4, -0.2) is 34.6 Å². The highest BCUT2D eigenvalue weighted by Crippen LogP contribution is 2.42. The smallest absolute Gasteiger partial charge is 0.257 e. The van der Waals surface area contributed by atoms with Gasteiger partial charge in [-0.2, -0.15) is 0 Å². The lowest BCUT2D eigenvalue weighted by atomic mass is 10.1. The van der Waals surface area contributed by atoms with E-state index >= 15 is 0 Å². The fourth-order valence-corrected chi connectivity index (χ4v) is 4.70. The SMILES string of the molecule is CC[C@H](C)NC(=O)[C@@H]1CS[C@H](c2ccc(F)cc2)N1C(=O)c1ccccc1Cl. The Bertz CT molecular complexity index is 862. The number of carbonyl (C=O) groups is 2. The molecule has 7 heteroatoms. The molecule has 2 aromatic rings. The van der Waals surface area contributed by atoms with Gasteiger partial charge in [-0.1, -0.05) is 42.8 Å². The zero-order valence-electron chi connectivity index (χ0n) is 15.7. The summed E-state index contributed by atoms with van der Waals surface area (Å²) in [7, 11) is 0. The average Bonchev–Trinajstić information content (AvgIpc) is 3.13. The van der Waals surface area contributed by atoms with Crippen LogP contribution in [-0.2, 0) is 4.79 Å². The Labute approximate surface area is 173 Å². The van der Waals surface area contributed by atoms with E-state index in [4.69, 9.17) is 11.6 Å². The lowest BCUT2D eigenvalue weighted by Gasteiger charge is -2.30. The summed E-state index contributed by atoms with van der Waals surface area (Å²) in [5.74, 6) is -0.386. The van der Waals surface area contributed by atoms with E-state index in [9.17, 15) is 14.0 Å². The van der Waals surface area contributed by atoms with E-state index in [2.05, 4.69) is 5.32 Å². The molecule has 1 fully saturated rings. The lowest BCUT2D eigenvalue weighted by Crippen LogP contribution is -2.49. The number of nitrogens with zero attached hydrogens (tertiary/aromatic N) is 1. The maximum atomic E-state index is 13.4. The van der Waals surface area contributed by atoms with Gasteiger partial charge in [0.05, 0.1) is 10.6 Å². The van der Waals surface area contributed by atoms with E-state index in [-0.39, 0.29) is 23.7 Å². The summed E-state index contributed by atoms with van der Waals surface area (Å²) in [5.41, 5.74) is 1.12. The molecule has 0 saturated carbocycles. The second-order valence-electron chi connectivity index (χ2n) is 6.76. The number of thioether (sulfide) groups is 1. The van der Waals surface area contributed by atoms with Crippen molar-refractivity contribution in [2.75, 3.05) is 5.75 Å². The van der Waals surface area contributed by atoms with E-state index in [1.807, 2.05) is 13.8 Å². The van der Waals surface area contributed by atoms with Crippen molar-refractivity contribution in [3.63, 3.8) is 0 Å². The van der Waals surface area contributed by atoms with Gasteiger partial charge >= 0.3 is 0 Å². The molecule has 0 bridgehead atoms. The maximum Gasteiger partial charge on any atom is 0.257 e. The highest BCUT2D eigenvalue weighted by molar-refractivity contribution is 7.99. The van der Waals surface area contributed by atoms with Crippen molar-refractivity contribution >= 4 is 35.2 Å². The highest BCUT2D eigenvalue weighted by atomic mass is 35.5. The van der Waals surface area contributed by atoms with Crippen molar-refractivity contribution in [2.24, 2.45) is 0 Å². The van der Waals surface area contributed by atoms with Gasteiger partial charge < -0.3 is 10.2 Å². The molecule has 0 unspecified atom stereocenters. The summed E-state index contributed by atoms with van der Waals surface area (Å²) in [6.45, 7) is 3.92. The maximum absolute atomic E-state index is 13.4. The molecule has 1 N–H and O–H groups in total. The van der Waals surface area contributed by atoms with Crippen molar-refractivity contribution < 1.29 is 14.0 Å². The van der Waals surface area contributed by atoms with Crippen LogP contribution >= 0.6 is 23.4 Å². The van der Waals surface area contributed by atoms with Crippen molar-refractivity contribution in [3.05, 3.63) is 70.5 Å². The summed E-state index contributed by atoms with van der Waals surface area (Å²) in [4.78, 5) is 27.8. The Balaban J connectivity index is 1.96. The normalized spacial score (nSPS) is 20.1. The quantitative estimate of drug-likeness (QED) is 0.765. The number of benzene rings is 2. The zero-order valence-corrected chi connectivity index (χ0v) is 17.3. The largest absolute Gasteiger partial charge is 0.352 e. The van der Waals surface area contributed by atoms with Crippen LogP contribution in [0.1, 0.15) is 41.6 Å².